The Bertz CT molecular complexity index is 1950. The van der Waals surface area contributed by atoms with Crippen LogP contribution in [0.15, 0.2) is 85.5 Å². The molecule has 6 aromatic rings. The quantitative estimate of drug-likeness (QED) is 0.120. The number of hydrogen-bond donors (Lipinski definition) is 0. The zero-order valence-electron chi connectivity index (χ0n) is 27.1. The molecule has 11 nitrogen and oxygen atoms in total. The molecule has 2 aromatic carbocycles. The van der Waals surface area contributed by atoms with Gasteiger partial charge in [0.2, 0.25) is 11.8 Å². The lowest BCUT2D eigenvalue weighted by Crippen LogP contribution is -2.18. The second-order valence-corrected chi connectivity index (χ2v) is 15.5. The van der Waals surface area contributed by atoms with Gasteiger partial charge in [-0.25, -0.2) is 24.7 Å². The summed E-state index contributed by atoms with van der Waals surface area (Å²) in [5.41, 5.74) is 4.79. The molecule has 6 rings (SSSR count). The highest BCUT2D eigenvalue weighted by molar-refractivity contribution is 14.1. The molecule has 0 saturated carbocycles. The molecule has 4 heterocycles. The Kier molecular flexibility index (Phi) is 9.35. The normalized spacial score (nSPS) is 11.8. The number of ether oxygens (including phenoxy) is 2. The third-order valence-corrected chi connectivity index (χ3v) is 8.69. The lowest BCUT2D eigenvalue weighted by molar-refractivity contribution is 0.145. The molecule has 13 heteroatoms. The predicted octanol–water partition coefficient (Wildman–Crippen LogP) is 8.35. The van der Waals surface area contributed by atoms with Crippen molar-refractivity contribution in [3.63, 3.8) is 0 Å². The van der Waals surface area contributed by atoms with Crippen LogP contribution in [0.1, 0.15) is 52.7 Å². The molecule has 4 aromatic heterocycles. The summed E-state index contributed by atoms with van der Waals surface area (Å²) in [6, 6.07) is 19.1. The molecule has 0 N–H and O–H groups in total. The van der Waals surface area contributed by atoms with E-state index >= 15 is 0 Å². The van der Waals surface area contributed by atoms with Gasteiger partial charge in [-0.15, -0.1) is 0 Å². The summed E-state index contributed by atoms with van der Waals surface area (Å²) in [5, 5.41) is 9.56. The van der Waals surface area contributed by atoms with Crippen LogP contribution >= 0.6 is 45.2 Å². The van der Waals surface area contributed by atoms with Crippen molar-refractivity contribution in [3.05, 3.63) is 104 Å². The largest absolute Gasteiger partial charge is 0.522 e. The van der Waals surface area contributed by atoms with E-state index in [9.17, 15) is 4.79 Å². The molecule has 0 radical (unpaired) electrons. The zero-order valence-corrected chi connectivity index (χ0v) is 31.5. The summed E-state index contributed by atoms with van der Waals surface area (Å²) >= 11 is 4.60. The third-order valence-electron chi connectivity index (χ3n) is 7.34. The van der Waals surface area contributed by atoms with Crippen LogP contribution < -0.4 is 9.47 Å². The molecule has 0 aliphatic heterocycles. The molecule has 244 valence electrons. The van der Waals surface area contributed by atoms with E-state index in [-0.39, 0.29) is 34.5 Å². The van der Waals surface area contributed by atoms with Crippen molar-refractivity contribution >= 4 is 51.3 Å². The van der Waals surface area contributed by atoms with Gasteiger partial charge in [0.25, 0.3) is 11.9 Å². The second-order valence-electron chi connectivity index (χ2n) is 13.0. The molecule has 0 aliphatic rings. The Morgan fingerprint density at radius 1 is 0.604 bits per heavy atom. The molecule has 0 atom stereocenters. The maximum atomic E-state index is 13.6. The van der Waals surface area contributed by atoms with Gasteiger partial charge < -0.3 is 9.47 Å². The number of aromatic nitrogens is 8. The Balaban J connectivity index is 1.40. The summed E-state index contributed by atoms with van der Waals surface area (Å²) in [4.78, 5) is 30.9. The average Bonchev–Trinajstić information content (AvgIpc) is 3.65. The summed E-state index contributed by atoms with van der Waals surface area (Å²) in [5.74, 6) is 0.615. The zero-order chi connectivity index (χ0) is 34.2. The van der Waals surface area contributed by atoms with Gasteiger partial charge in [0.15, 0.2) is 0 Å². The number of halogens is 2. The van der Waals surface area contributed by atoms with Crippen LogP contribution in [-0.4, -0.2) is 45.7 Å². The minimum atomic E-state index is -1.01. The van der Waals surface area contributed by atoms with Crippen molar-refractivity contribution in [3.8, 4) is 46.2 Å². The monoisotopic (exact) mass is 866 g/mol. The molecule has 0 aliphatic carbocycles. The summed E-state index contributed by atoms with van der Waals surface area (Å²) in [6.45, 7) is 12.8. The first-order chi connectivity index (χ1) is 22.8. The first-order valence-electron chi connectivity index (χ1n) is 15.0. The fourth-order valence-electron chi connectivity index (χ4n) is 5.14. The van der Waals surface area contributed by atoms with Crippen LogP contribution in [0.3, 0.4) is 0 Å². The van der Waals surface area contributed by atoms with Crippen molar-refractivity contribution < 1.29 is 14.3 Å². The van der Waals surface area contributed by atoms with Gasteiger partial charge in [-0.3, -0.25) is 0 Å². The fourth-order valence-corrected chi connectivity index (χ4v) is 6.12. The van der Waals surface area contributed by atoms with Crippen LogP contribution in [0.2, 0.25) is 0 Å². The minimum Gasteiger partial charge on any atom is -0.375 e. The van der Waals surface area contributed by atoms with E-state index in [4.69, 9.17) is 19.7 Å². The molecule has 0 unspecified atom stereocenters. The van der Waals surface area contributed by atoms with Crippen LogP contribution in [0.5, 0.6) is 11.8 Å². The highest BCUT2D eigenvalue weighted by Gasteiger charge is 2.27. The highest BCUT2D eigenvalue weighted by Crippen LogP contribution is 2.37. The van der Waals surface area contributed by atoms with Crippen LogP contribution in [0.25, 0.3) is 34.4 Å². The standard InChI is InChI=1S/C35H32I2N8O3/c1-34(2,3)25-17-21(36)9-11-23(25)27-19-29(44(42-27)31-38-13-7-14-39-31)47-33(46)48-30-20-28(43-45(30)32-40-15-8-16-41-32)24-12-10-22(37)18-26(24)35(4,5)6/h7-20H,1-6H3. The third kappa shape index (κ3) is 7.26. The van der Waals surface area contributed by atoms with Gasteiger partial charge in [-0.1, -0.05) is 53.7 Å². The molecule has 48 heavy (non-hydrogen) atoms. The van der Waals surface area contributed by atoms with E-state index in [1.165, 1.54) is 9.36 Å². The van der Waals surface area contributed by atoms with E-state index in [2.05, 4.69) is 119 Å². The van der Waals surface area contributed by atoms with E-state index in [0.717, 1.165) is 29.4 Å². The van der Waals surface area contributed by atoms with Crippen LogP contribution in [0.4, 0.5) is 4.79 Å². The minimum absolute atomic E-state index is 0.0783. The fraction of sp³-hybridized carbons (Fsp3) is 0.229. The SMILES string of the molecule is CC(C)(C)c1cc(I)ccc1-c1cc(OC(=O)Oc2cc(-c3ccc(I)cc3C(C)(C)C)nn2-c2ncccn2)n(-c2ncccn2)n1. The van der Waals surface area contributed by atoms with Gasteiger partial charge >= 0.3 is 6.16 Å². The molecule has 0 amide bonds. The summed E-state index contributed by atoms with van der Waals surface area (Å²) in [6.07, 6.45) is 5.35. The molecule has 0 saturated heterocycles. The van der Waals surface area contributed by atoms with Crippen LogP contribution in [0, 0.1) is 7.14 Å². The van der Waals surface area contributed by atoms with Crippen molar-refractivity contribution in [2.45, 2.75) is 52.4 Å². The number of carbonyl (C=O) groups is 1. The molecule has 0 spiro atoms. The van der Waals surface area contributed by atoms with Crippen molar-refractivity contribution in [2.75, 3.05) is 0 Å². The number of benzene rings is 2. The van der Waals surface area contributed by atoms with E-state index in [1.54, 1.807) is 49.1 Å². The molecular weight excluding hydrogens is 834 g/mol. The van der Waals surface area contributed by atoms with Gasteiger partial charge in [-0.05, 0) is 104 Å². The Morgan fingerprint density at radius 2 is 0.979 bits per heavy atom. The number of nitrogens with zero attached hydrogens (tertiary/aromatic N) is 8. The van der Waals surface area contributed by atoms with E-state index in [1.807, 2.05) is 24.3 Å². The van der Waals surface area contributed by atoms with Gasteiger partial charge in [0, 0.05) is 55.2 Å². The first kappa shape index (κ1) is 33.6. The number of hydrogen-bond acceptors (Lipinski definition) is 9. The Morgan fingerprint density at radius 3 is 1.33 bits per heavy atom. The Labute approximate surface area is 305 Å². The first-order valence-corrected chi connectivity index (χ1v) is 17.2. The van der Waals surface area contributed by atoms with E-state index < -0.39 is 6.16 Å². The maximum Gasteiger partial charge on any atom is 0.522 e. The van der Waals surface area contributed by atoms with Gasteiger partial charge in [0.1, 0.15) is 0 Å². The number of carbonyl (C=O) groups excluding carboxylic acids is 1. The summed E-state index contributed by atoms with van der Waals surface area (Å²) < 4.78 is 16.6. The molecule has 0 fully saturated rings. The smallest absolute Gasteiger partial charge is 0.375 e. The highest BCUT2D eigenvalue weighted by atomic mass is 127. The van der Waals surface area contributed by atoms with Crippen molar-refractivity contribution in [2.24, 2.45) is 0 Å². The topological polar surface area (TPSA) is 123 Å². The van der Waals surface area contributed by atoms with Gasteiger partial charge in [-0.2, -0.15) is 19.6 Å². The summed E-state index contributed by atoms with van der Waals surface area (Å²) in [7, 11) is 0. The van der Waals surface area contributed by atoms with Gasteiger partial charge in [0.05, 0.1) is 11.4 Å². The maximum absolute atomic E-state index is 13.6. The van der Waals surface area contributed by atoms with Crippen molar-refractivity contribution in [1.29, 1.82) is 0 Å². The second kappa shape index (κ2) is 13.3. The predicted molar refractivity (Wildman–Crippen MR) is 199 cm³/mol. The number of rotatable bonds is 6. The lowest BCUT2D eigenvalue weighted by Gasteiger charge is -2.22. The van der Waals surface area contributed by atoms with E-state index in [0.29, 0.717) is 11.4 Å². The van der Waals surface area contributed by atoms with Crippen LogP contribution in [-0.2, 0) is 10.8 Å². The lowest BCUT2D eigenvalue weighted by atomic mass is 9.83. The molecule has 0 bridgehead atoms. The average molecular weight is 867 g/mol. The Hall–Kier alpha value is -4.25. The molecular formula is C35H32I2N8O3. The van der Waals surface area contributed by atoms with Crippen molar-refractivity contribution in [1.82, 2.24) is 39.5 Å².